The molecule has 2 aromatic rings. The van der Waals surface area contributed by atoms with E-state index in [2.05, 4.69) is 0 Å². The highest BCUT2D eigenvalue weighted by molar-refractivity contribution is 7.92. The molecule has 0 aliphatic carbocycles. The minimum atomic E-state index is -3.99. The number of carboxylic acids is 1. The number of halogens is 2. The second-order valence-electron chi connectivity index (χ2n) is 6.63. The second-order valence-corrected chi connectivity index (χ2v) is 9.67. The van der Waals surface area contributed by atoms with Crippen LogP contribution in [0.25, 0.3) is 0 Å². The van der Waals surface area contributed by atoms with Gasteiger partial charge in [0, 0.05) is 11.6 Å². The summed E-state index contributed by atoms with van der Waals surface area (Å²) in [5, 5.41) is 19.2. The molecule has 7 nitrogen and oxygen atoms in total. The zero-order valence-corrected chi connectivity index (χ0v) is 17.2. The third kappa shape index (κ3) is 4.25. The number of rotatable bonds is 5. The number of benzene rings is 2. The van der Waals surface area contributed by atoms with Crippen molar-refractivity contribution >= 4 is 44.9 Å². The molecule has 2 aromatic carbocycles. The molecule has 1 saturated heterocycles. The lowest BCUT2D eigenvalue weighted by atomic mass is 10.1. The predicted molar refractivity (Wildman–Crippen MR) is 107 cm³/mol. The van der Waals surface area contributed by atoms with E-state index in [4.69, 9.17) is 23.2 Å². The van der Waals surface area contributed by atoms with E-state index in [-0.39, 0.29) is 28.4 Å². The van der Waals surface area contributed by atoms with E-state index < -0.39 is 39.1 Å². The Hall–Kier alpha value is -2.13. The van der Waals surface area contributed by atoms with Gasteiger partial charge in [-0.25, -0.2) is 13.2 Å². The third-order valence-corrected chi connectivity index (χ3v) is 7.71. The van der Waals surface area contributed by atoms with Gasteiger partial charge in [-0.2, -0.15) is 0 Å². The first-order valence-electron chi connectivity index (χ1n) is 8.58. The number of hydrogen-bond donors (Lipinski definition) is 2. The van der Waals surface area contributed by atoms with Crippen molar-refractivity contribution in [2.45, 2.75) is 28.7 Å². The summed E-state index contributed by atoms with van der Waals surface area (Å²) in [6.07, 6.45) is -1.95. The van der Waals surface area contributed by atoms with E-state index in [1.807, 2.05) is 0 Å². The molecule has 154 valence electrons. The van der Waals surface area contributed by atoms with Crippen LogP contribution in [0.3, 0.4) is 0 Å². The molecule has 1 fully saturated rings. The molecular weight excluding hydrogens is 441 g/mol. The maximum Gasteiger partial charge on any atom is 0.326 e. The van der Waals surface area contributed by atoms with Crippen LogP contribution in [-0.4, -0.2) is 53.2 Å². The normalized spacial score (nSPS) is 20.4. The van der Waals surface area contributed by atoms with Gasteiger partial charge in [0.1, 0.15) is 6.04 Å². The highest BCUT2D eigenvalue weighted by Gasteiger charge is 2.47. The fourth-order valence-electron chi connectivity index (χ4n) is 3.30. The molecule has 1 amide bonds. The molecule has 10 heteroatoms. The first-order valence-corrected chi connectivity index (χ1v) is 10.9. The molecule has 3 rings (SSSR count). The molecule has 1 aliphatic rings. The van der Waals surface area contributed by atoms with Crippen LogP contribution in [0.2, 0.25) is 10.0 Å². The molecule has 0 radical (unpaired) electrons. The Bertz CT molecular complexity index is 1040. The molecule has 0 aromatic heterocycles. The molecule has 0 saturated carbocycles. The lowest BCUT2D eigenvalue weighted by Gasteiger charge is -2.24. The number of aliphatic hydroxyl groups is 1. The van der Waals surface area contributed by atoms with Crippen molar-refractivity contribution in [3.8, 4) is 0 Å². The summed E-state index contributed by atoms with van der Waals surface area (Å²) >= 11 is 11.8. The first kappa shape index (κ1) is 21.6. The van der Waals surface area contributed by atoms with E-state index in [0.29, 0.717) is 5.02 Å². The molecule has 0 bridgehead atoms. The van der Waals surface area contributed by atoms with Gasteiger partial charge in [0.2, 0.25) is 0 Å². The van der Waals surface area contributed by atoms with E-state index >= 15 is 0 Å². The molecule has 1 heterocycles. The van der Waals surface area contributed by atoms with Crippen LogP contribution in [0.15, 0.2) is 53.4 Å². The SMILES string of the molecule is O=C(O)[C@@H]1C[C@@H](S(=O)(=O)c2ccccc2Cl)CN1C(=O)[C@H](O)c1ccc(Cl)cc1. The van der Waals surface area contributed by atoms with Crippen molar-refractivity contribution in [2.24, 2.45) is 0 Å². The Morgan fingerprint density at radius 1 is 1.07 bits per heavy atom. The van der Waals surface area contributed by atoms with Gasteiger partial charge in [0.25, 0.3) is 5.91 Å². The largest absolute Gasteiger partial charge is 0.480 e. The zero-order chi connectivity index (χ0) is 21.3. The number of aliphatic hydroxyl groups excluding tert-OH is 1. The molecule has 3 atom stereocenters. The van der Waals surface area contributed by atoms with Gasteiger partial charge < -0.3 is 15.1 Å². The molecule has 0 unspecified atom stereocenters. The number of sulfone groups is 1. The fourth-order valence-corrected chi connectivity index (χ4v) is 5.64. The van der Waals surface area contributed by atoms with Crippen LogP contribution >= 0.6 is 23.2 Å². The Labute approximate surface area is 177 Å². The number of carbonyl (C=O) groups is 2. The van der Waals surface area contributed by atoms with Gasteiger partial charge in [-0.3, -0.25) is 4.79 Å². The average molecular weight is 458 g/mol. The summed E-state index contributed by atoms with van der Waals surface area (Å²) in [6.45, 7) is -0.367. The number of hydrogen-bond acceptors (Lipinski definition) is 5. The quantitative estimate of drug-likeness (QED) is 0.713. The van der Waals surface area contributed by atoms with Crippen molar-refractivity contribution in [3.05, 3.63) is 64.1 Å². The summed E-state index contributed by atoms with van der Waals surface area (Å²) in [7, 11) is -3.99. The topological polar surface area (TPSA) is 112 Å². The lowest BCUT2D eigenvalue weighted by molar-refractivity contribution is -0.152. The minimum absolute atomic E-state index is 0.0188. The smallest absolute Gasteiger partial charge is 0.326 e. The van der Waals surface area contributed by atoms with Crippen molar-refractivity contribution in [3.63, 3.8) is 0 Å². The summed E-state index contributed by atoms with van der Waals surface area (Å²) in [6, 6.07) is 10.3. The van der Waals surface area contributed by atoms with Gasteiger partial charge in [-0.1, -0.05) is 47.5 Å². The number of likely N-dealkylation sites (tertiary alicyclic amines) is 1. The van der Waals surface area contributed by atoms with E-state index in [9.17, 15) is 28.2 Å². The highest BCUT2D eigenvalue weighted by Crippen LogP contribution is 2.33. The van der Waals surface area contributed by atoms with Crippen molar-refractivity contribution < 1.29 is 28.2 Å². The van der Waals surface area contributed by atoms with E-state index in [1.165, 1.54) is 42.5 Å². The van der Waals surface area contributed by atoms with Crippen LogP contribution in [0.1, 0.15) is 18.1 Å². The maximum atomic E-state index is 13.0. The number of carbonyl (C=O) groups excluding carboxylic acids is 1. The Balaban J connectivity index is 1.89. The molecule has 2 N–H and O–H groups in total. The number of amides is 1. The van der Waals surface area contributed by atoms with Crippen LogP contribution in [-0.2, 0) is 19.4 Å². The van der Waals surface area contributed by atoms with E-state index in [1.54, 1.807) is 6.07 Å². The van der Waals surface area contributed by atoms with Crippen molar-refractivity contribution in [2.75, 3.05) is 6.54 Å². The Morgan fingerprint density at radius 2 is 1.69 bits per heavy atom. The van der Waals surface area contributed by atoms with Crippen LogP contribution in [0.4, 0.5) is 0 Å². The predicted octanol–water partition coefficient (Wildman–Crippen LogP) is 2.55. The summed E-state index contributed by atoms with van der Waals surface area (Å²) < 4.78 is 26.0. The van der Waals surface area contributed by atoms with Crippen molar-refractivity contribution in [1.29, 1.82) is 0 Å². The van der Waals surface area contributed by atoms with Gasteiger partial charge in [-0.05, 0) is 36.2 Å². The second kappa shape index (κ2) is 8.31. The minimum Gasteiger partial charge on any atom is -0.480 e. The highest BCUT2D eigenvalue weighted by atomic mass is 35.5. The fraction of sp³-hybridized carbons (Fsp3) is 0.263. The van der Waals surface area contributed by atoms with Gasteiger partial charge in [-0.15, -0.1) is 0 Å². The first-order chi connectivity index (χ1) is 13.6. The number of carboxylic acid groups (broad SMARTS) is 1. The van der Waals surface area contributed by atoms with Crippen LogP contribution in [0.5, 0.6) is 0 Å². The molecule has 1 aliphatic heterocycles. The molecule has 0 spiro atoms. The molecule has 29 heavy (non-hydrogen) atoms. The lowest BCUT2D eigenvalue weighted by Crippen LogP contribution is -2.43. The number of nitrogens with zero attached hydrogens (tertiary/aromatic N) is 1. The third-order valence-electron chi connectivity index (χ3n) is 4.83. The maximum absolute atomic E-state index is 13.0. The van der Waals surface area contributed by atoms with Crippen molar-refractivity contribution in [1.82, 2.24) is 4.90 Å². The summed E-state index contributed by atoms with van der Waals surface area (Å²) in [5.41, 5.74) is 0.223. The summed E-state index contributed by atoms with van der Waals surface area (Å²) in [5.74, 6) is -2.24. The monoisotopic (exact) mass is 457 g/mol. The molecular formula is C19H17Cl2NO6S. The number of aliphatic carboxylic acids is 1. The van der Waals surface area contributed by atoms with Crippen LogP contribution < -0.4 is 0 Å². The Morgan fingerprint density at radius 3 is 2.28 bits per heavy atom. The zero-order valence-electron chi connectivity index (χ0n) is 14.9. The Kier molecular flexibility index (Phi) is 6.19. The van der Waals surface area contributed by atoms with Crippen LogP contribution in [0, 0.1) is 0 Å². The summed E-state index contributed by atoms with van der Waals surface area (Å²) in [4.78, 5) is 25.2. The van der Waals surface area contributed by atoms with Gasteiger partial charge in [0.05, 0.1) is 15.2 Å². The van der Waals surface area contributed by atoms with E-state index in [0.717, 1.165) is 4.90 Å². The standard InChI is InChI=1S/C19H17Cl2NO6S/c20-12-7-5-11(6-8-12)17(23)18(24)22-10-13(9-15(22)19(25)26)29(27,28)16-4-2-1-3-14(16)21/h1-8,13,15,17,23H,9-10H2,(H,25,26)/t13-,15+,17-/m1/s1. The van der Waals surface area contributed by atoms with Gasteiger partial charge >= 0.3 is 5.97 Å². The average Bonchev–Trinajstić information content (AvgIpc) is 3.14. The van der Waals surface area contributed by atoms with Gasteiger partial charge in [0.15, 0.2) is 15.9 Å².